The Morgan fingerprint density at radius 2 is 1.66 bits per heavy atom. The van der Waals surface area contributed by atoms with E-state index in [1.807, 2.05) is 61.5 Å². The second kappa shape index (κ2) is 10.6. The number of benzene rings is 3. The number of aryl methyl sites for hydroxylation is 2. The van der Waals surface area contributed by atoms with E-state index in [0.717, 1.165) is 16.7 Å². The number of sulfonamides is 1. The Bertz CT molecular complexity index is 1380. The average molecular weight is 491 g/mol. The zero-order valence-corrected chi connectivity index (χ0v) is 20.3. The van der Waals surface area contributed by atoms with Gasteiger partial charge in [0.05, 0.1) is 4.90 Å². The van der Waals surface area contributed by atoms with Crippen LogP contribution in [0.4, 0.5) is 5.69 Å². The van der Waals surface area contributed by atoms with Crippen LogP contribution in [0, 0.1) is 6.92 Å². The van der Waals surface area contributed by atoms with E-state index < -0.39 is 10.0 Å². The Morgan fingerprint density at radius 3 is 2.34 bits per heavy atom. The zero-order chi connectivity index (χ0) is 24.8. The lowest BCUT2D eigenvalue weighted by Gasteiger charge is -2.17. The standard InChI is InChI=1S/C26H26N4O4S/c1-19-8-10-21(11-9-19)26-28-25(34-29-26)17-16-24(31)27-22-12-14-23(15-13-22)35(32,33)30(2)18-20-6-4-3-5-7-20/h3-15H,16-18H2,1-2H3,(H,27,31). The van der Waals surface area contributed by atoms with Crippen LogP contribution in [-0.2, 0) is 27.8 Å². The highest BCUT2D eigenvalue weighted by atomic mass is 32.2. The minimum atomic E-state index is -3.66. The summed E-state index contributed by atoms with van der Waals surface area (Å²) < 4.78 is 32.3. The molecule has 0 fully saturated rings. The number of nitrogens with one attached hydrogen (secondary N) is 1. The van der Waals surface area contributed by atoms with Gasteiger partial charge in [-0.15, -0.1) is 0 Å². The minimum absolute atomic E-state index is 0.148. The van der Waals surface area contributed by atoms with E-state index in [2.05, 4.69) is 15.5 Å². The van der Waals surface area contributed by atoms with Crippen LogP contribution in [0.15, 0.2) is 88.3 Å². The number of anilines is 1. The molecule has 0 unspecified atom stereocenters. The molecule has 0 atom stereocenters. The first-order valence-electron chi connectivity index (χ1n) is 11.1. The third-order valence-corrected chi connectivity index (χ3v) is 7.26. The molecule has 0 bridgehead atoms. The summed E-state index contributed by atoms with van der Waals surface area (Å²) in [5, 5.41) is 6.74. The third kappa shape index (κ3) is 6.20. The first-order chi connectivity index (χ1) is 16.8. The molecule has 4 rings (SSSR count). The van der Waals surface area contributed by atoms with Crippen molar-refractivity contribution in [3.05, 3.63) is 95.9 Å². The maximum absolute atomic E-state index is 12.9. The predicted octanol–water partition coefficient (Wildman–Crippen LogP) is 4.44. The van der Waals surface area contributed by atoms with E-state index in [-0.39, 0.29) is 23.8 Å². The first-order valence-corrected chi connectivity index (χ1v) is 12.5. The zero-order valence-electron chi connectivity index (χ0n) is 19.5. The van der Waals surface area contributed by atoms with Crippen molar-refractivity contribution in [2.24, 2.45) is 0 Å². The van der Waals surface area contributed by atoms with E-state index in [9.17, 15) is 13.2 Å². The second-order valence-corrected chi connectivity index (χ2v) is 10.2. The van der Waals surface area contributed by atoms with Gasteiger partial charge < -0.3 is 9.84 Å². The number of amides is 1. The first kappa shape index (κ1) is 24.3. The molecule has 0 saturated carbocycles. The Hall–Kier alpha value is -3.82. The maximum Gasteiger partial charge on any atom is 0.243 e. The monoisotopic (exact) mass is 490 g/mol. The fourth-order valence-electron chi connectivity index (χ4n) is 3.44. The van der Waals surface area contributed by atoms with Crippen LogP contribution >= 0.6 is 0 Å². The number of aromatic nitrogens is 2. The van der Waals surface area contributed by atoms with Crippen LogP contribution in [0.5, 0.6) is 0 Å². The summed E-state index contributed by atoms with van der Waals surface area (Å²) in [5.74, 6) is 0.616. The number of hydrogen-bond acceptors (Lipinski definition) is 6. The summed E-state index contributed by atoms with van der Waals surface area (Å²) in [4.78, 5) is 16.9. The summed E-state index contributed by atoms with van der Waals surface area (Å²) in [6, 6.07) is 23.3. The van der Waals surface area contributed by atoms with Gasteiger partial charge >= 0.3 is 0 Å². The van der Waals surface area contributed by atoms with Crippen molar-refractivity contribution in [1.82, 2.24) is 14.4 Å². The van der Waals surface area contributed by atoms with Gasteiger partial charge in [0.2, 0.25) is 27.6 Å². The molecule has 0 aliphatic rings. The molecular weight excluding hydrogens is 464 g/mol. The molecule has 1 aromatic heterocycles. The predicted molar refractivity (Wildman–Crippen MR) is 133 cm³/mol. The lowest BCUT2D eigenvalue weighted by Crippen LogP contribution is -2.26. The van der Waals surface area contributed by atoms with Crippen LogP contribution in [-0.4, -0.2) is 35.8 Å². The van der Waals surface area contributed by atoms with E-state index in [1.54, 1.807) is 19.2 Å². The highest BCUT2D eigenvalue weighted by Crippen LogP contribution is 2.20. The van der Waals surface area contributed by atoms with Crippen molar-refractivity contribution in [3.63, 3.8) is 0 Å². The molecule has 0 saturated heterocycles. The summed E-state index contributed by atoms with van der Waals surface area (Å²) in [5.41, 5.74) is 3.39. The van der Waals surface area contributed by atoms with Gasteiger partial charge in [0.15, 0.2) is 0 Å². The van der Waals surface area contributed by atoms with Gasteiger partial charge in [0, 0.05) is 37.7 Å². The van der Waals surface area contributed by atoms with Gasteiger partial charge in [-0.3, -0.25) is 4.79 Å². The molecule has 1 N–H and O–H groups in total. The molecular formula is C26H26N4O4S. The van der Waals surface area contributed by atoms with Crippen LogP contribution in [0.2, 0.25) is 0 Å². The smallest absolute Gasteiger partial charge is 0.243 e. The number of rotatable bonds is 9. The molecule has 35 heavy (non-hydrogen) atoms. The quantitative estimate of drug-likeness (QED) is 0.372. The van der Waals surface area contributed by atoms with Crippen molar-refractivity contribution < 1.29 is 17.7 Å². The Morgan fingerprint density at radius 1 is 0.971 bits per heavy atom. The molecule has 0 radical (unpaired) electrons. The van der Waals surface area contributed by atoms with Crippen molar-refractivity contribution in [2.75, 3.05) is 12.4 Å². The summed E-state index contributed by atoms with van der Waals surface area (Å²) in [6.07, 6.45) is 0.441. The van der Waals surface area contributed by atoms with Crippen LogP contribution < -0.4 is 5.32 Å². The molecule has 8 nitrogen and oxygen atoms in total. The topological polar surface area (TPSA) is 105 Å². The molecule has 0 spiro atoms. The van der Waals surface area contributed by atoms with Crippen molar-refractivity contribution >= 4 is 21.6 Å². The second-order valence-electron chi connectivity index (χ2n) is 8.20. The van der Waals surface area contributed by atoms with Gasteiger partial charge in [0.25, 0.3) is 0 Å². The van der Waals surface area contributed by atoms with Gasteiger partial charge in [-0.25, -0.2) is 8.42 Å². The molecule has 1 heterocycles. The summed E-state index contributed by atoms with van der Waals surface area (Å²) in [7, 11) is -2.12. The third-order valence-electron chi connectivity index (χ3n) is 5.44. The van der Waals surface area contributed by atoms with Gasteiger partial charge in [-0.2, -0.15) is 9.29 Å². The normalized spacial score (nSPS) is 11.5. The highest BCUT2D eigenvalue weighted by molar-refractivity contribution is 7.89. The maximum atomic E-state index is 12.9. The molecule has 0 aliphatic carbocycles. The van der Waals surface area contributed by atoms with E-state index in [4.69, 9.17) is 4.52 Å². The number of nitrogens with zero attached hydrogens (tertiary/aromatic N) is 3. The number of hydrogen-bond donors (Lipinski definition) is 1. The fraction of sp³-hybridized carbons (Fsp3) is 0.192. The SMILES string of the molecule is Cc1ccc(-c2noc(CCC(=O)Nc3ccc(S(=O)(=O)N(C)Cc4ccccc4)cc3)n2)cc1. The number of carbonyl (C=O) groups is 1. The van der Waals surface area contributed by atoms with Crippen molar-refractivity contribution in [2.45, 2.75) is 31.2 Å². The van der Waals surface area contributed by atoms with Gasteiger partial charge in [0.1, 0.15) is 0 Å². The molecule has 180 valence electrons. The van der Waals surface area contributed by atoms with E-state index in [0.29, 0.717) is 23.8 Å². The van der Waals surface area contributed by atoms with Crippen molar-refractivity contribution in [3.8, 4) is 11.4 Å². The average Bonchev–Trinajstić information content (AvgIpc) is 3.33. The van der Waals surface area contributed by atoms with E-state index >= 15 is 0 Å². The Kier molecular flexibility index (Phi) is 7.38. The van der Waals surface area contributed by atoms with Crippen molar-refractivity contribution in [1.29, 1.82) is 0 Å². The van der Waals surface area contributed by atoms with E-state index in [1.165, 1.54) is 16.4 Å². The highest BCUT2D eigenvalue weighted by Gasteiger charge is 2.21. The lowest BCUT2D eigenvalue weighted by atomic mass is 10.1. The van der Waals surface area contributed by atoms with Crippen LogP contribution in [0.3, 0.4) is 0 Å². The molecule has 0 aliphatic heterocycles. The number of carbonyl (C=O) groups excluding carboxylic acids is 1. The minimum Gasteiger partial charge on any atom is -0.339 e. The van der Waals surface area contributed by atoms with Gasteiger partial charge in [-0.05, 0) is 36.8 Å². The molecule has 9 heteroatoms. The largest absolute Gasteiger partial charge is 0.339 e. The lowest BCUT2D eigenvalue weighted by molar-refractivity contribution is -0.116. The molecule has 4 aromatic rings. The van der Waals surface area contributed by atoms with Crippen LogP contribution in [0.25, 0.3) is 11.4 Å². The molecule has 3 aromatic carbocycles. The van der Waals surface area contributed by atoms with Gasteiger partial charge in [-0.1, -0.05) is 65.3 Å². The Labute approximate surface area is 204 Å². The summed E-state index contributed by atoms with van der Waals surface area (Å²) in [6.45, 7) is 2.27. The fourth-order valence-corrected chi connectivity index (χ4v) is 4.59. The Balaban J connectivity index is 1.31. The summed E-state index contributed by atoms with van der Waals surface area (Å²) >= 11 is 0. The van der Waals surface area contributed by atoms with Crippen LogP contribution in [0.1, 0.15) is 23.4 Å². The molecule has 1 amide bonds.